The summed E-state index contributed by atoms with van der Waals surface area (Å²) < 4.78 is 43.9. The van der Waals surface area contributed by atoms with E-state index in [1.54, 1.807) is 0 Å². The number of nitro groups is 1. The predicted molar refractivity (Wildman–Crippen MR) is 79.5 cm³/mol. The average molecular weight is 360 g/mol. The van der Waals surface area contributed by atoms with Crippen LogP contribution in [0.3, 0.4) is 0 Å². The van der Waals surface area contributed by atoms with Crippen LogP contribution in [0.2, 0.25) is 5.02 Å². The van der Waals surface area contributed by atoms with E-state index >= 15 is 0 Å². The first-order chi connectivity index (χ1) is 11.2. The molecule has 5 nitrogen and oxygen atoms in total. The van der Waals surface area contributed by atoms with Crippen molar-refractivity contribution in [1.29, 1.82) is 0 Å². The van der Waals surface area contributed by atoms with Gasteiger partial charge in [0.2, 0.25) is 5.75 Å². The minimum absolute atomic E-state index is 0.250. The molecule has 2 aromatic rings. The van der Waals surface area contributed by atoms with Crippen LogP contribution in [0.15, 0.2) is 36.4 Å². The Morgan fingerprint density at radius 1 is 1.25 bits per heavy atom. The van der Waals surface area contributed by atoms with E-state index in [4.69, 9.17) is 16.3 Å². The minimum Gasteiger partial charge on any atom is -0.489 e. The first-order valence-corrected chi connectivity index (χ1v) is 6.77. The molecule has 2 rings (SSSR count). The highest BCUT2D eigenvalue weighted by Gasteiger charge is 2.35. The summed E-state index contributed by atoms with van der Waals surface area (Å²) in [6.45, 7) is 0. The smallest absolute Gasteiger partial charge is 0.417 e. The summed E-state index contributed by atoms with van der Waals surface area (Å²) in [6.07, 6.45) is -4.74. The second-order valence-electron chi connectivity index (χ2n) is 4.64. The van der Waals surface area contributed by atoms with Crippen molar-refractivity contribution in [3.8, 4) is 5.75 Å². The van der Waals surface area contributed by atoms with Gasteiger partial charge in [-0.1, -0.05) is 29.8 Å². The number of rotatable bonds is 4. The SMILES string of the molecule is COc1c(Cl)cc(C(=O)c2ccccc2C(F)(F)F)cc1[N+](=O)[O-]. The molecular formula is C15H9ClF3NO4. The van der Waals surface area contributed by atoms with Crippen LogP contribution in [-0.2, 0) is 6.18 Å². The van der Waals surface area contributed by atoms with Gasteiger partial charge in [0.1, 0.15) is 0 Å². The maximum atomic E-state index is 13.0. The fourth-order valence-corrected chi connectivity index (χ4v) is 2.42. The largest absolute Gasteiger partial charge is 0.489 e. The van der Waals surface area contributed by atoms with Gasteiger partial charge < -0.3 is 4.74 Å². The van der Waals surface area contributed by atoms with Crippen molar-refractivity contribution < 1.29 is 27.6 Å². The third kappa shape index (κ3) is 3.33. The summed E-state index contributed by atoms with van der Waals surface area (Å²) in [4.78, 5) is 22.6. The summed E-state index contributed by atoms with van der Waals surface area (Å²) in [7, 11) is 1.15. The Bertz CT molecular complexity index is 821. The normalized spacial score (nSPS) is 11.2. The molecule has 0 amide bonds. The molecule has 126 valence electrons. The lowest BCUT2D eigenvalue weighted by molar-refractivity contribution is -0.385. The van der Waals surface area contributed by atoms with E-state index in [1.165, 1.54) is 6.07 Å². The molecule has 0 N–H and O–H groups in total. The number of hydrogen-bond acceptors (Lipinski definition) is 4. The molecule has 0 saturated carbocycles. The summed E-state index contributed by atoms with van der Waals surface area (Å²) in [5.41, 5.74) is -2.72. The molecule has 0 spiro atoms. The molecular weight excluding hydrogens is 351 g/mol. The van der Waals surface area contributed by atoms with Gasteiger partial charge in [-0.15, -0.1) is 0 Å². The van der Waals surface area contributed by atoms with Crippen molar-refractivity contribution in [3.05, 3.63) is 68.2 Å². The Balaban J connectivity index is 2.62. The van der Waals surface area contributed by atoms with Crippen molar-refractivity contribution in [1.82, 2.24) is 0 Å². The second kappa shape index (κ2) is 6.48. The standard InChI is InChI=1S/C15H9ClF3NO4/c1-24-14-11(16)6-8(7-12(14)20(22)23)13(21)9-4-2-3-5-10(9)15(17,18)19/h2-7H,1H3. The van der Waals surface area contributed by atoms with Gasteiger partial charge in [-0.05, 0) is 12.1 Å². The van der Waals surface area contributed by atoms with Gasteiger partial charge in [-0.25, -0.2) is 0 Å². The van der Waals surface area contributed by atoms with Crippen molar-refractivity contribution >= 4 is 23.1 Å². The molecule has 0 fully saturated rings. The lowest BCUT2D eigenvalue weighted by Gasteiger charge is -2.12. The second-order valence-corrected chi connectivity index (χ2v) is 5.05. The number of halogens is 4. The van der Waals surface area contributed by atoms with Crippen molar-refractivity contribution in [2.24, 2.45) is 0 Å². The number of nitrogens with zero attached hydrogens (tertiary/aromatic N) is 1. The van der Waals surface area contributed by atoms with Gasteiger partial charge in [-0.3, -0.25) is 14.9 Å². The molecule has 0 bridgehead atoms. The predicted octanol–water partition coefficient (Wildman–Crippen LogP) is 4.51. The lowest BCUT2D eigenvalue weighted by Crippen LogP contribution is -2.14. The molecule has 0 unspecified atom stereocenters. The van der Waals surface area contributed by atoms with Crippen LogP contribution in [0.1, 0.15) is 21.5 Å². The van der Waals surface area contributed by atoms with Gasteiger partial charge in [0.25, 0.3) is 0 Å². The molecule has 0 atom stereocenters. The van der Waals surface area contributed by atoms with Crippen LogP contribution in [0.25, 0.3) is 0 Å². The molecule has 0 saturated heterocycles. The van der Waals surface area contributed by atoms with E-state index in [9.17, 15) is 28.1 Å². The number of methoxy groups -OCH3 is 1. The number of carbonyl (C=O) groups is 1. The molecule has 0 aliphatic rings. The maximum absolute atomic E-state index is 13.0. The van der Waals surface area contributed by atoms with Crippen LogP contribution in [0.5, 0.6) is 5.75 Å². The Hall–Kier alpha value is -2.61. The van der Waals surface area contributed by atoms with E-state index in [2.05, 4.69) is 0 Å². The highest BCUT2D eigenvalue weighted by molar-refractivity contribution is 6.33. The van der Waals surface area contributed by atoms with Gasteiger partial charge in [0, 0.05) is 17.2 Å². The van der Waals surface area contributed by atoms with Crippen molar-refractivity contribution in [3.63, 3.8) is 0 Å². The number of hydrogen-bond donors (Lipinski definition) is 0. The quantitative estimate of drug-likeness (QED) is 0.457. The van der Waals surface area contributed by atoms with E-state index in [0.29, 0.717) is 0 Å². The lowest BCUT2D eigenvalue weighted by atomic mass is 9.97. The molecule has 0 heterocycles. The molecule has 0 aliphatic carbocycles. The van der Waals surface area contributed by atoms with Crippen LogP contribution in [0.4, 0.5) is 18.9 Å². The van der Waals surface area contributed by atoms with E-state index in [1.807, 2.05) is 0 Å². The third-order valence-corrected chi connectivity index (χ3v) is 3.44. The number of ketones is 1. The number of alkyl halides is 3. The van der Waals surface area contributed by atoms with Gasteiger partial charge in [0.05, 0.1) is 22.6 Å². The van der Waals surface area contributed by atoms with Crippen LogP contribution in [-0.4, -0.2) is 17.8 Å². The zero-order valence-corrected chi connectivity index (χ0v) is 12.8. The highest BCUT2D eigenvalue weighted by Crippen LogP contribution is 2.38. The van der Waals surface area contributed by atoms with E-state index < -0.39 is 33.7 Å². The van der Waals surface area contributed by atoms with E-state index in [-0.39, 0.29) is 16.3 Å². The Kier molecular flexibility index (Phi) is 4.79. The first kappa shape index (κ1) is 17.7. The van der Waals surface area contributed by atoms with Gasteiger partial charge in [0.15, 0.2) is 5.78 Å². The van der Waals surface area contributed by atoms with Crippen molar-refractivity contribution in [2.45, 2.75) is 6.18 Å². The number of benzene rings is 2. The topological polar surface area (TPSA) is 69.4 Å². The van der Waals surface area contributed by atoms with E-state index in [0.717, 1.165) is 37.4 Å². The maximum Gasteiger partial charge on any atom is 0.417 e. The Morgan fingerprint density at radius 2 is 1.88 bits per heavy atom. The van der Waals surface area contributed by atoms with Crippen LogP contribution >= 0.6 is 11.6 Å². The number of nitro benzene ring substituents is 1. The zero-order chi connectivity index (χ0) is 18.1. The average Bonchev–Trinajstić information content (AvgIpc) is 2.52. The number of carbonyl (C=O) groups excluding carboxylic acids is 1. The molecule has 0 aliphatic heterocycles. The first-order valence-electron chi connectivity index (χ1n) is 6.39. The van der Waals surface area contributed by atoms with Gasteiger partial charge in [-0.2, -0.15) is 13.2 Å². The molecule has 9 heteroatoms. The van der Waals surface area contributed by atoms with Crippen LogP contribution in [0, 0.1) is 10.1 Å². The molecule has 2 aromatic carbocycles. The molecule has 24 heavy (non-hydrogen) atoms. The Morgan fingerprint density at radius 3 is 2.42 bits per heavy atom. The fraction of sp³-hybridized carbons (Fsp3) is 0.133. The summed E-state index contributed by atoms with van der Waals surface area (Å²) in [5.74, 6) is -1.31. The fourth-order valence-electron chi connectivity index (χ4n) is 2.13. The van der Waals surface area contributed by atoms with Crippen molar-refractivity contribution in [2.75, 3.05) is 7.11 Å². The van der Waals surface area contributed by atoms with Gasteiger partial charge >= 0.3 is 11.9 Å². The monoisotopic (exact) mass is 359 g/mol. The third-order valence-electron chi connectivity index (χ3n) is 3.16. The Labute approximate surface area is 138 Å². The summed E-state index contributed by atoms with van der Waals surface area (Å²) in [5, 5.41) is 10.8. The summed E-state index contributed by atoms with van der Waals surface area (Å²) >= 11 is 5.84. The minimum atomic E-state index is -4.74. The number of ether oxygens (including phenoxy) is 1. The zero-order valence-electron chi connectivity index (χ0n) is 12.1. The highest BCUT2D eigenvalue weighted by atomic mass is 35.5. The molecule has 0 aromatic heterocycles. The summed E-state index contributed by atoms with van der Waals surface area (Å²) in [6, 6.07) is 6.02. The molecule has 0 radical (unpaired) electrons. The van der Waals surface area contributed by atoms with Crippen LogP contribution < -0.4 is 4.74 Å².